The summed E-state index contributed by atoms with van der Waals surface area (Å²) in [5.41, 5.74) is 1.48. The van der Waals surface area contributed by atoms with Gasteiger partial charge < -0.3 is 5.32 Å². The smallest absolute Gasteiger partial charge is 0.256 e. The zero-order valence-corrected chi connectivity index (χ0v) is 10.6. The normalized spacial score (nSPS) is 10.2. The molecule has 0 aliphatic carbocycles. The first-order chi connectivity index (χ1) is 9.83. The molecule has 0 radical (unpaired) electrons. The highest BCUT2D eigenvalue weighted by Gasteiger charge is 2.06. The lowest BCUT2D eigenvalue weighted by molar-refractivity contribution is 0.102. The van der Waals surface area contributed by atoms with Crippen molar-refractivity contribution in [1.29, 1.82) is 0 Å². The van der Waals surface area contributed by atoms with Gasteiger partial charge in [-0.3, -0.25) is 4.79 Å². The standard InChI is InChI=1S/C15H12N4O/c20-15(18-14-4-1-2-9-16-14)12-5-7-13(8-6-12)19-11-3-10-17-19/h1-11H,(H,16,18,20). The molecule has 0 saturated carbocycles. The van der Waals surface area contributed by atoms with Crippen molar-refractivity contribution < 1.29 is 4.79 Å². The van der Waals surface area contributed by atoms with Crippen molar-refractivity contribution in [2.75, 3.05) is 5.32 Å². The number of hydrogen-bond donors (Lipinski definition) is 1. The first kappa shape index (κ1) is 12.1. The van der Waals surface area contributed by atoms with Crippen LogP contribution in [0.25, 0.3) is 5.69 Å². The van der Waals surface area contributed by atoms with Gasteiger partial charge in [-0.2, -0.15) is 5.10 Å². The van der Waals surface area contributed by atoms with Gasteiger partial charge in [-0.1, -0.05) is 6.07 Å². The molecule has 0 unspecified atom stereocenters. The van der Waals surface area contributed by atoms with Crippen LogP contribution in [0.1, 0.15) is 10.4 Å². The largest absolute Gasteiger partial charge is 0.307 e. The molecular weight excluding hydrogens is 252 g/mol. The second-order valence-corrected chi connectivity index (χ2v) is 4.17. The number of anilines is 1. The van der Waals surface area contributed by atoms with E-state index < -0.39 is 0 Å². The maximum atomic E-state index is 12.0. The molecule has 5 heteroatoms. The minimum Gasteiger partial charge on any atom is -0.307 e. The monoisotopic (exact) mass is 264 g/mol. The Labute approximate surface area is 115 Å². The van der Waals surface area contributed by atoms with Crippen molar-refractivity contribution in [3.63, 3.8) is 0 Å². The van der Waals surface area contributed by atoms with Crippen LogP contribution in [-0.2, 0) is 0 Å². The van der Waals surface area contributed by atoms with Crippen LogP contribution in [0.15, 0.2) is 67.1 Å². The molecule has 5 nitrogen and oxygen atoms in total. The fraction of sp³-hybridized carbons (Fsp3) is 0. The summed E-state index contributed by atoms with van der Waals surface area (Å²) in [7, 11) is 0. The van der Waals surface area contributed by atoms with Gasteiger partial charge in [0.25, 0.3) is 5.91 Å². The Hall–Kier alpha value is -2.95. The van der Waals surface area contributed by atoms with Gasteiger partial charge in [0.05, 0.1) is 5.69 Å². The van der Waals surface area contributed by atoms with Crippen LogP contribution in [0, 0.1) is 0 Å². The maximum absolute atomic E-state index is 12.0. The van der Waals surface area contributed by atoms with Gasteiger partial charge in [0, 0.05) is 24.2 Å². The molecule has 1 N–H and O–H groups in total. The molecule has 3 rings (SSSR count). The number of aromatic nitrogens is 3. The molecule has 0 spiro atoms. The van der Waals surface area contributed by atoms with E-state index in [9.17, 15) is 4.79 Å². The fourth-order valence-corrected chi connectivity index (χ4v) is 1.81. The van der Waals surface area contributed by atoms with E-state index in [4.69, 9.17) is 0 Å². The molecule has 20 heavy (non-hydrogen) atoms. The van der Waals surface area contributed by atoms with E-state index in [0.29, 0.717) is 11.4 Å². The second-order valence-electron chi connectivity index (χ2n) is 4.17. The topological polar surface area (TPSA) is 59.8 Å². The highest BCUT2D eigenvalue weighted by molar-refractivity contribution is 6.03. The van der Waals surface area contributed by atoms with Gasteiger partial charge >= 0.3 is 0 Å². The SMILES string of the molecule is O=C(Nc1ccccn1)c1ccc(-n2cccn2)cc1. The third kappa shape index (κ3) is 2.56. The van der Waals surface area contributed by atoms with Gasteiger partial charge in [-0.25, -0.2) is 9.67 Å². The van der Waals surface area contributed by atoms with Gasteiger partial charge in [-0.15, -0.1) is 0 Å². The highest BCUT2D eigenvalue weighted by Crippen LogP contribution is 2.10. The summed E-state index contributed by atoms with van der Waals surface area (Å²) in [4.78, 5) is 16.1. The molecule has 2 heterocycles. The predicted octanol–water partition coefficient (Wildman–Crippen LogP) is 2.52. The third-order valence-electron chi connectivity index (χ3n) is 2.80. The number of hydrogen-bond acceptors (Lipinski definition) is 3. The van der Waals surface area contributed by atoms with Gasteiger partial charge in [0.15, 0.2) is 0 Å². The van der Waals surface area contributed by atoms with Crippen molar-refractivity contribution in [2.24, 2.45) is 0 Å². The predicted molar refractivity (Wildman–Crippen MR) is 75.8 cm³/mol. The van der Waals surface area contributed by atoms with Crippen LogP contribution < -0.4 is 5.32 Å². The number of carbonyl (C=O) groups is 1. The zero-order chi connectivity index (χ0) is 13.8. The fourth-order valence-electron chi connectivity index (χ4n) is 1.81. The van der Waals surface area contributed by atoms with Crippen molar-refractivity contribution in [2.45, 2.75) is 0 Å². The number of carbonyl (C=O) groups excluding carboxylic acids is 1. The summed E-state index contributed by atoms with van der Waals surface area (Å²) < 4.78 is 1.74. The van der Waals surface area contributed by atoms with E-state index in [1.165, 1.54) is 0 Å². The summed E-state index contributed by atoms with van der Waals surface area (Å²) in [6, 6.07) is 14.4. The maximum Gasteiger partial charge on any atom is 0.256 e. The highest BCUT2D eigenvalue weighted by atomic mass is 16.1. The van der Waals surface area contributed by atoms with E-state index in [1.807, 2.05) is 30.5 Å². The van der Waals surface area contributed by atoms with Crippen LogP contribution in [0.4, 0.5) is 5.82 Å². The number of nitrogens with zero attached hydrogens (tertiary/aromatic N) is 3. The van der Waals surface area contributed by atoms with Crippen LogP contribution >= 0.6 is 0 Å². The van der Waals surface area contributed by atoms with Crippen LogP contribution in [0.3, 0.4) is 0 Å². The molecule has 0 bridgehead atoms. The Kier molecular flexibility index (Phi) is 3.24. The average Bonchev–Trinajstić information content (AvgIpc) is 3.03. The molecule has 98 valence electrons. The van der Waals surface area contributed by atoms with E-state index >= 15 is 0 Å². The van der Waals surface area contributed by atoms with E-state index in [2.05, 4.69) is 15.4 Å². The summed E-state index contributed by atoms with van der Waals surface area (Å²) >= 11 is 0. The lowest BCUT2D eigenvalue weighted by Crippen LogP contribution is -2.12. The Bertz CT molecular complexity index is 691. The second kappa shape index (κ2) is 5.36. The minimum atomic E-state index is -0.185. The molecule has 1 amide bonds. The van der Waals surface area contributed by atoms with Crippen molar-refractivity contribution in [1.82, 2.24) is 14.8 Å². The Morgan fingerprint density at radius 1 is 1.00 bits per heavy atom. The molecule has 3 aromatic rings. The molecule has 0 fully saturated rings. The molecule has 0 saturated heterocycles. The Balaban J connectivity index is 1.76. The average molecular weight is 264 g/mol. The van der Waals surface area contributed by atoms with E-state index in [0.717, 1.165) is 5.69 Å². The van der Waals surface area contributed by atoms with Crippen molar-refractivity contribution in [3.05, 3.63) is 72.7 Å². The first-order valence-corrected chi connectivity index (χ1v) is 6.15. The number of nitrogens with one attached hydrogen (secondary N) is 1. The molecule has 0 aliphatic heterocycles. The summed E-state index contributed by atoms with van der Waals surface area (Å²) in [5.74, 6) is 0.351. The lowest BCUT2D eigenvalue weighted by Gasteiger charge is -2.05. The Morgan fingerprint density at radius 2 is 1.85 bits per heavy atom. The van der Waals surface area contributed by atoms with E-state index in [-0.39, 0.29) is 5.91 Å². The Morgan fingerprint density at radius 3 is 2.50 bits per heavy atom. The number of rotatable bonds is 3. The number of amides is 1. The molecular formula is C15H12N4O. The zero-order valence-electron chi connectivity index (χ0n) is 10.6. The van der Waals surface area contributed by atoms with Crippen LogP contribution in [0.2, 0.25) is 0 Å². The number of benzene rings is 1. The summed E-state index contributed by atoms with van der Waals surface area (Å²) in [6.07, 6.45) is 5.20. The minimum absolute atomic E-state index is 0.185. The van der Waals surface area contributed by atoms with Crippen LogP contribution in [0.5, 0.6) is 0 Å². The first-order valence-electron chi connectivity index (χ1n) is 6.15. The number of pyridine rings is 1. The molecule has 2 aromatic heterocycles. The van der Waals surface area contributed by atoms with Gasteiger partial charge in [0.1, 0.15) is 5.82 Å². The molecule has 0 atom stereocenters. The summed E-state index contributed by atoms with van der Waals surface area (Å²) in [5, 5.41) is 6.87. The molecule has 0 aliphatic rings. The van der Waals surface area contributed by atoms with Crippen molar-refractivity contribution in [3.8, 4) is 5.69 Å². The lowest BCUT2D eigenvalue weighted by atomic mass is 10.2. The molecule has 1 aromatic carbocycles. The van der Waals surface area contributed by atoms with Gasteiger partial charge in [-0.05, 0) is 42.5 Å². The summed E-state index contributed by atoms with van der Waals surface area (Å²) in [6.45, 7) is 0. The quantitative estimate of drug-likeness (QED) is 0.790. The van der Waals surface area contributed by atoms with E-state index in [1.54, 1.807) is 41.3 Å². The van der Waals surface area contributed by atoms with Crippen molar-refractivity contribution >= 4 is 11.7 Å². The third-order valence-corrected chi connectivity index (χ3v) is 2.80. The van der Waals surface area contributed by atoms with Crippen LogP contribution in [-0.4, -0.2) is 20.7 Å². The van der Waals surface area contributed by atoms with Gasteiger partial charge in [0.2, 0.25) is 0 Å².